The summed E-state index contributed by atoms with van der Waals surface area (Å²) in [6.07, 6.45) is 3.81. The highest BCUT2D eigenvalue weighted by Gasteiger charge is 2.21. The molecule has 0 heterocycles. The molecule has 12 heavy (non-hydrogen) atoms. The minimum atomic E-state index is -0.222. The zero-order valence-electron chi connectivity index (χ0n) is 9.02. The van der Waals surface area contributed by atoms with Crippen molar-refractivity contribution in [3.63, 3.8) is 0 Å². The lowest BCUT2D eigenvalue weighted by Crippen LogP contribution is -2.25. The number of hydrogen-bond acceptors (Lipinski definition) is 1. The second kappa shape index (κ2) is 4.66. The smallest absolute Gasteiger partial charge is 0.0625 e. The van der Waals surface area contributed by atoms with Gasteiger partial charge in [-0.15, -0.1) is 0 Å². The van der Waals surface area contributed by atoms with Crippen LogP contribution in [0.4, 0.5) is 0 Å². The predicted molar refractivity (Wildman–Crippen MR) is 54.1 cm³/mol. The number of allylic oxidation sites excluding steroid dienone is 1. The summed E-state index contributed by atoms with van der Waals surface area (Å²) in [4.78, 5) is 0. The lowest BCUT2D eigenvalue weighted by Gasteiger charge is -2.26. The van der Waals surface area contributed by atoms with Gasteiger partial charge in [0.2, 0.25) is 0 Å². The maximum Gasteiger partial charge on any atom is 0.0625 e. The molecule has 0 aliphatic carbocycles. The van der Waals surface area contributed by atoms with Crippen molar-refractivity contribution in [1.82, 2.24) is 0 Å². The topological polar surface area (TPSA) is 20.2 Å². The van der Waals surface area contributed by atoms with Crippen molar-refractivity contribution in [3.05, 3.63) is 11.6 Å². The molecule has 1 nitrogen and oxygen atoms in total. The predicted octanol–water partition coefficient (Wildman–Crippen LogP) is 3.14. The Kier molecular flexibility index (Phi) is 4.54. The molecule has 0 aliphatic rings. The molecule has 72 valence electrons. The van der Waals surface area contributed by atoms with E-state index in [1.807, 2.05) is 0 Å². The third-order valence-corrected chi connectivity index (χ3v) is 2.07. The van der Waals surface area contributed by atoms with E-state index < -0.39 is 0 Å². The molecule has 0 bridgehead atoms. The molecule has 0 fully saturated rings. The molecular weight excluding hydrogens is 148 g/mol. The molecule has 1 atom stereocenters. The summed E-state index contributed by atoms with van der Waals surface area (Å²) >= 11 is 0. The maximum atomic E-state index is 9.74. The van der Waals surface area contributed by atoms with Gasteiger partial charge in [-0.2, -0.15) is 0 Å². The molecular formula is C11H22O. The fourth-order valence-electron chi connectivity index (χ4n) is 1.04. The average molecular weight is 170 g/mol. The van der Waals surface area contributed by atoms with Gasteiger partial charge < -0.3 is 5.11 Å². The Hall–Kier alpha value is -0.300. The summed E-state index contributed by atoms with van der Waals surface area (Å²) in [5.41, 5.74) is 1.29. The average Bonchev–Trinajstić information content (AvgIpc) is 1.85. The van der Waals surface area contributed by atoms with E-state index in [0.29, 0.717) is 0 Å². The fourth-order valence-corrected chi connectivity index (χ4v) is 1.04. The van der Waals surface area contributed by atoms with Crippen molar-refractivity contribution in [3.8, 4) is 0 Å². The molecule has 1 N–H and O–H groups in total. The fraction of sp³-hybridized carbons (Fsp3) is 0.818. The Morgan fingerprint density at radius 2 is 1.92 bits per heavy atom. The van der Waals surface area contributed by atoms with Gasteiger partial charge in [0, 0.05) is 0 Å². The lowest BCUT2D eigenvalue weighted by molar-refractivity contribution is 0.0635. The van der Waals surface area contributed by atoms with Crippen LogP contribution in [0.1, 0.15) is 47.5 Å². The van der Waals surface area contributed by atoms with Crippen LogP contribution in [-0.2, 0) is 0 Å². The van der Waals surface area contributed by atoms with Crippen molar-refractivity contribution in [2.75, 3.05) is 0 Å². The highest BCUT2D eigenvalue weighted by Crippen LogP contribution is 2.24. The third kappa shape index (κ3) is 4.55. The summed E-state index contributed by atoms with van der Waals surface area (Å²) in [5.74, 6) is 0. The summed E-state index contributed by atoms with van der Waals surface area (Å²) in [6, 6.07) is 0. The molecule has 1 unspecified atom stereocenters. The first-order valence-electron chi connectivity index (χ1n) is 4.71. The standard InChI is InChI=1S/C11H22O/c1-6-7-9(2)8-10(12)11(3,4)5/h7,10,12H,6,8H2,1-5H3/b9-7+. The molecule has 0 aromatic heterocycles. The molecule has 0 aromatic rings. The van der Waals surface area contributed by atoms with E-state index in [2.05, 4.69) is 40.7 Å². The van der Waals surface area contributed by atoms with Crippen LogP contribution in [0.25, 0.3) is 0 Å². The highest BCUT2D eigenvalue weighted by molar-refractivity contribution is 5.00. The second-order valence-corrected chi connectivity index (χ2v) is 4.54. The Bertz CT molecular complexity index is 151. The SMILES string of the molecule is CC/C=C(\C)CC(O)C(C)(C)C. The Balaban J connectivity index is 4.01. The number of aliphatic hydroxyl groups excluding tert-OH is 1. The van der Waals surface area contributed by atoms with Crippen molar-refractivity contribution in [2.24, 2.45) is 5.41 Å². The molecule has 1 heteroatoms. The van der Waals surface area contributed by atoms with Crippen molar-refractivity contribution >= 4 is 0 Å². The summed E-state index contributed by atoms with van der Waals surface area (Å²) in [5, 5.41) is 9.74. The molecule has 0 rings (SSSR count). The first-order chi connectivity index (χ1) is 5.38. The van der Waals surface area contributed by atoms with Crippen LogP contribution in [-0.4, -0.2) is 11.2 Å². The van der Waals surface area contributed by atoms with Gasteiger partial charge in [0.25, 0.3) is 0 Å². The van der Waals surface area contributed by atoms with Crippen LogP contribution < -0.4 is 0 Å². The minimum Gasteiger partial charge on any atom is -0.392 e. The normalized spacial score (nSPS) is 16.3. The highest BCUT2D eigenvalue weighted by atomic mass is 16.3. The Morgan fingerprint density at radius 3 is 2.25 bits per heavy atom. The molecule has 0 spiro atoms. The zero-order valence-corrected chi connectivity index (χ0v) is 9.02. The van der Waals surface area contributed by atoms with Gasteiger partial charge in [0.15, 0.2) is 0 Å². The van der Waals surface area contributed by atoms with Gasteiger partial charge in [0.05, 0.1) is 6.10 Å². The molecule has 0 aliphatic heterocycles. The van der Waals surface area contributed by atoms with Crippen LogP contribution in [0.3, 0.4) is 0 Å². The first-order valence-corrected chi connectivity index (χ1v) is 4.71. The molecule has 0 saturated heterocycles. The van der Waals surface area contributed by atoms with E-state index in [4.69, 9.17) is 0 Å². The third-order valence-electron chi connectivity index (χ3n) is 2.07. The number of aliphatic hydroxyl groups is 1. The summed E-state index contributed by atoms with van der Waals surface area (Å²) in [6.45, 7) is 10.4. The molecule has 0 radical (unpaired) electrons. The van der Waals surface area contributed by atoms with Gasteiger partial charge in [-0.05, 0) is 25.2 Å². The van der Waals surface area contributed by atoms with E-state index in [1.165, 1.54) is 5.57 Å². The van der Waals surface area contributed by atoms with E-state index in [9.17, 15) is 5.11 Å². The lowest BCUT2D eigenvalue weighted by atomic mass is 9.85. The van der Waals surface area contributed by atoms with Crippen LogP contribution >= 0.6 is 0 Å². The van der Waals surface area contributed by atoms with Gasteiger partial charge >= 0.3 is 0 Å². The van der Waals surface area contributed by atoms with Crippen LogP contribution in [0.15, 0.2) is 11.6 Å². The summed E-state index contributed by atoms with van der Waals surface area (Å²) < 4.78 is 0. The van der Waals surface area contributed by atoms with E-state index in [0.717, 1.165) is 12.8 Å². The quantitative estimate of drug-likeness (QED) is 0.645. The van der Waals surface area contributed by atoms with Gasteiger partial charge in [-0.25, -0.2) is 0 Å². The van der Waals surface area contributed by atoms with Crippen LogP contribution in [0, 0.1) is 5.41 Å². The number of rotatable bonds is 3. The van der Waals surface area contributed by atoms with Crippen LogP contribution in [0.2, 0.25) is 0 Å². The van der Waals surface area contributed by atoms with Gasteiger partial charge in [0.1, 0.15) is 0 Å². The van der Waals surface area contributed by atoms with Crippen molar-refractivity contribution < 1.29 is 5.11 Å². The second-order valence-electron chi connectivity index (χ2n) is 4.54. The largest absolute Gasteiger partial charge is 0.392 e. The van der Waals surface area contributed by atoms with E-state index in [-0.39, 0.29) is 11.5 Å². The maximum absolute atomic E-state index is 9.74. The molecule has 0 aromatic carbocycles. The Morgan fingerprint density at radius 1 is 1.42 bits per heavy atom. The van der Waals surface area contributed by atoms with Crippen LogP contribution in [0.5, 0.6) is 0 Å². The summed E-state index contributed by atoms with van der Waals surface area (Å²) in [7, 11) is 0. The first kappa shape index (κ1) is 11.7. The monoisotopic (exact) mass is 170 g/mol. The number of hydrogen-bond donors (Lipinski definition) is 1. The molecule has 0 amide bonds. The van der Waals surface area contributed by atoms with Crippen molar-refractivity contribution in [2.45, 2.75) is 53.6 Å². The van der Waals surface area contributed by atoms with E-state index >= 15 is 0 Å². The minimum absolute atomic E-state index is 0.00282. The Labute approximate surface area is 76.5 Å². The zero-order chi connectivity index (χ0) is 9.78. The molecule has 0 saturated carbocycles. The van der Waals surface area contributed by atoms with Gasteiger partial charge in [-0.3, -0.25) is 0 Å². The van der Waals surface area contributed by atoms with Gasteiger partial charge in [-0.1, -0.05) is 39.3 Å². The van der Waals surface area contributed by atoms with Crippen molar-refractivity contribution in [1.29, 1.82) is 0 Å². The van der Waals surface area contributed by atoms with E-state index in [1.54, 1.807) is 0 Å².